The Morgan fingerprint density at radius 2 is 1.60 bits per heavy atom. The summed E-state index contributed by atoms with van der Waals surface area (Å²) in [5.41, 5.74) is 2.80. The van der Waals surface area contributed by atoms with Gasteiger partial charge in [0.2, 0.25) is 5.91 Å². The molecule has 5 rings (SSSR count). The van der Waals surface area contributed by atoms with Gasteiger partial charge in [-0.25, -0.2) is 13.8 Å². The second-order valence-corrected chi connectivity index (χ2v) is 11.2. The predicted molar refractivity (Wildman–Crippen MR) is 152 cm³/mol. The van der Waals surface area contributed by atoms with Crippen LogP contribution in [-0.2, 0) is 4.79 Å². The quantitative estimate of drug-likeness (QED) is 0.314. The fraction of sp³-hybridized carbons (Fsp3) is 0.485. The molecule has 2 aliphatic rings. The van der Waals surface area contributed by atoms with Gasteiger partial charge in [0.1, 0.15) is 11.6 Å². The van der Waals surface area contributed by atoms with Crippen molar-refractivity contribution in [2.45, 2.75) is 96.9 Å². The van der Waals surface area contributed by atoms with E-state index >= 15 is 0 Å². The number of nitrogens with one attached hydrogen (secondary N) is 1. The predicted octanol–water partition coefficient (Wildman–Crippen LogP) is 8.24. The number of benzene rings is 2. The maximum atomic E-state index is 13.8. The Hall–Kier alpha value is -3.35. The Morgan fingerprint density at radius 3 is 2.23 bits per heavy atom. The van der Waals surface area contributed by atoms with E-state index in [1.54, 1.807) is 25.1 Å². The van der Waals surface area contributed by atoms with Crippen molar-refractivity contribution in [3.05, 3.63) is 76.8 Å². The molecule has 40 heavy (non-hydrogen) atoms. The van der Waals surface area contributed by atoms with Gasteiger partial charge in [0.25, 0.3) is 0 Å². The van der Waals surface area contributed by atoms with Gasteiger partial charge in [0.15, 0.2) is 17.4 Å². The van der Waals surface area contributed by atoms with Crippen LogP contribution in [0.2, 0.25) is 0 Å². The Balaban J connectivity index is 0.000000185. The van der Waals surface area contributed by atoms with Gasteiger partial charge >= 0.3 is 0 Å². The lowest BCUT2D eigenvalue weighted by Crippen LogP contribution is -2.45. The minimum absolute atomic E-state index is 0.156. The van der Waals surface area contributed by atoms with E-state index in [4.69, 9.17) is 4.42 Å². The van der Waals surface area contributed by atoms with Gasteiger partial charge in [-0.3, -0.25) is 9.59 Å². The summed E-state index contributed by atoms with van der Waals surface area (Å²) >= 11 is 0. The van der Waals surface area contributed by atoms with E-state index < -0.39 is 11.9 Å². The van der Waals surface area contributed by atoms with Crippen LogP contribution in [0.1, 0.15) is 105 Å². The summed E-state index contributed by atoms with van der Waals surface area (Å²) in [4.78, 5) is 28.5. The van der Waals surface area contributed by atoms with E-state index in [-0.39, 0.29) is 23.4 Å². The number of carbonyl (C=O) groups is 2. The second kappa shape index (κ2) is 13.8. The van der Waals surface area contributed by atoms with E-state index in [9.17, 15) is 18.4 Å². The fourth-order valence-electron chi connectivity index (χ4n) is 5.94. The first-order chi connectivity index (χ1) is 19.2. The summed E-state index contributed by atoms with van der Waals surface area (Å²) in [7, 11) is 0. The maximum absolute atomic E-state index is 13.8. The standard InChI is InChI=1S/C17H20FNO.C16H20FNO2/c1-11-8-9-14(10-15(11)18)17-16(19-12(2)20-17)13-6-4-3-5-7-13;1-11(19)18-15(12-6-3-2-4-7-12)16(20)13-8-5-9-14(17)10-13/h8-10,13H,3-7H2,1-2H3;5,8-10,12,15H,2-4,6-7H2,1H3,(H,18,19). The van der Waals surface area contributed by atoms with Crippen LogP contribution in [0.25, 0.3) is 11.3 Å². The van der Waals surface area contributed by atoms with Crippen LogP contribution < -0.4 is 5.32 Å². The SMILES string of the molecule is CC(=O)NC(C(=O)c1cccc(F)c1)C1CCCCC1.Cc1nc(C2CCCCC2)c(-c2ccc(C)c(F)c2)o1. The molecule has 5 nitrogen and oxygen atoms in total. The van der Waals surface area contributed by atoms with Gasteiger partial charge in [0, 0.05) is 30.9 Å². The number of aryl methyl sites for hydroxylation is 2. The molecular formula is C33H40F2N2O3. The third-order valence-electron chi connectivity index (χ3n) is 8.06. The van der Waals surface area contributed by atoms with Gasteiger partial charge in [0.05, 0.1) is 11.7 Å². The Kier molecular flexibility index (Phi) is 10.2. The number of Topliss-reactive ketones (excluding diaryl/α,β-unsaturated/α-hetero) is 1. The molecule has 1 heterocycles. The number of nitrogens with zero attached hydrogens (tertiary/aromatic N) is 1. The number of carbonyl (C=O) groups excluding carboxylic acids is 2. The van der Waals surface area contributed by atoms with Crippen molar-refractivity contribution in [2.24, 2.45) is 5.92 Å². The third-order valence-corrected chi connectivity index (χ3v) is 8.06. The number of oxazole rings is 1. The fourth-order valence-corrected chi connectivity index (χ4v) is 5.94. The van der Waals surface area contributed by atoms with Crippen LogP contribution in [0, 0.1) is 31.4 Å². The number of aromatic nitrogens is 1. The molecule has 2 aromatic carbocycles. The summed E-state index contributed by atoms with van der Waals surface area (Å²) < 4.78 is 32.8. The first-order valence-electron chi connectivity index (χ1n) is 14.5. The minimum Gasteiger partial charge on any atom is -0.441 e. The van der Waals surface area contributed by atoms with Gasteiger partial charge in [-0.2, -0.15) is 0 Å². The average Bonchev–Trinajstić information content (AvgIpc) is 3.35. The molecule has 0 bridgehead atoms. The van der Waals surface area contributed by atoms with Gasteiger partial charge in [-0.15, -0.1) is 0 Å². The highest BCUT2D eigenvalue weighted by Gasteiger charge is 2.31. The molecule has 2 aliphatic carbocycles. The molecule has 3 aromatic rings. The summed E-state index contributed by atoms with van der Waals surface area (Å²) in [5.74, 6) is 1.02. The molecule has 0 saturated heterocycles. The minimum atomic E-state index is -0.533. The molecular weight excluding hydrogens is 510 g/mol. The molecule has 1 unspecified atom stereocenters. The van der Waals surface area contributed by atoms with Crippen LogP contribution in [0.3, 0.4) is 0 Å². The Labute approximate surface area is 235 Å². The summed E-state index contributed by atoms with van der Waals surface area (Å²) in [6, 6.07) is 10.4. The number of amides is 1. The second-order valence-electron chi connectivity index (χ2n) is 11.2. The molecule has 7 heteroatoms. The van der Waals surface area contributed by atoms with Crippen molar-refractivity contribution in [3.8, 4) is 11.3 Å². The van der Waals surface area contributed by atoms with Crippen molar-refractivity contribution in [1.29, 1.82) is 0 Å². The van der Waals surface area contributed by atoms with Crippen LogP contribution in [-0.4, -0.2) is 22.7 Å². The van der Waals surface area contributed by atoms with Crippen molar-refractivity contribution in [2.75, 3.05) is 0 Å². The van der Waals surface area contributed by atoms with Crippen LogP contribution in [0.4, 0.5) is 8.78 Å². The Bertz CT molecular complexity index is 1310. The van der Waals surface area contributed by atoms with E-state index in [1.165, 1.54) is 50.8 Å². The van der Waals surface area contributed by atoms with Gasteiger partial charge in [-0.1, -0.05) is 62.8 Å². The highest BCUT2D eigenvalue weighted by Crippen LogP contribution is 2.38. The molecule has 1 N–H and O–H groups in total. The largest absolute Gasteiger partial charge is 0.441 e. The molecule has 1 amide bonds. The normalized spacial score (nSPS) is 17.0. The summed E-state index contributed by atoms with van der Waals surface area (Å²) in [6.45, 7) is 5.04. The van der Waals surface area contributed by atoms with Gasteiger partial charge < -0.3 is 9.73 Å². The molecule has 0 spiro atoms. The number of ketones is 1. The van der Waals surface area contributed by atoms with Crippen LogP contribution in [0.5, 0.6) is 0 Å². The molecule has 2 fully saturated rings. The highest BCUT2D eigenvalue weighted by molar-refractivity contribution is 6.02. The van der Waals surface area contributed by atoms with E-state index in [0.29, 0.717) is 22.9 Å². The van der Waals surface area contributed by atoms with E-state index in [1.807, 2.05) is 13.0 Å². The maximum Gasteiger partial charge on any atom is 0.217 e. The van der Waals surface area contributed by atoms with Crippen molar-refractivity contribution in [3.63, 3.8) is 0 Å². The van der Waals surface area contributed by atoms with E-state index in [0.717, 1.165) is 55.5 Å². The van der Waals surface area contributed by atoms with Crippen molar-refractivity contribution >= 4 is 11.7 Å². The van der Waals surface area contributed by atoms with Crippen LogP contribution >= 0.6 is 0 Å². The molecule has 1 atom stereocenters. The number of hydrogen-bond acceptors (Lipinski definition) is 4. The first-order valence-corrected chi connectivity index (χ1v) is 14.5. The molecule has 0 radical (unpaired) electrons. The summed E-state index contributed by atoms with van der Waals surface area (Å²) in [5, 5.41) is 2.76. The highest BCUT2D eigenvalue weighted by atomic mass is 19.1. The molecule has 0 aliphatic heterocycles. The average molecular weight is 551 g/mol. The first kappa shape index (κ1) is 29.6. The molecule has 214 valence electrons. The molecule has 1 aromatic heterocycles. The number of rotatable bonds is 6. The lowest BCUT2D eigenvalue weighted by molar-refractivity contribution is -0.119. The topological polar surface area (TPSA) is 72.2 Å². The third kappa shape index (κ3) is 7.64. The Morgan fingerprint density at radius 1 is 0.925 bits per heavy atom. The van der Waals surface area contributed by atoms with Crippen molar-refractivity contribution < 1.29 is 22.8 Å². The smallest absolute Gasteiger partial charge is 0.217 e. The van der Waals surface area contributed by atoms with E-state index in [2.05, 4.69) is 10.3 Å². The lowest BCUT2D eigenvalue weighted by atomic mass is 9.81. The molecule has 2 saturated carbocycles. The van der Waals surface area contributed by atoms with Crippen LogP contribution in [0.15, 0.2) is 46.9 Å². The zero-order valence-corrected chi connectivity index (χ0v) is 23.8. The zero-order chi connectivity index (χ0) is 28.6. The lowest BCUT2D eigenvalue weighted by Gasteiger charge is -2.29. The number of hydrogen-bond donors (Lipinski definition) is 1. The van der Waals surface area contributed by atoms with Crippen molar-refractivity contribution in [1.82, 2.24) is 10.3 Å². The zero-order valence-electron chi connectivity index (χ0n) is 23.8. The van der Waals surface area contributed by atoms with Gasteiger partial charge in [-0.05, 0) is 62.3 Å². The monoisotopic (exact) mass is 550 g/mol. The summed E-state index contributed by atoms with van der Waals surface area (Å²) in [6.07, 6.45) is 11.3. The number of halogens is 2.